The van der Waals surface area contributed by atoms with Gasteiger partial charge in [-0.15, -0.1) is 0 Å². The van der Waals surface area contributed by atoms with Gasteiger partial charge in [0.1, 0.15) is 12.0 Å². The van der Waals surface area contributed by atoms with Crippen LogP contribution in [0, 0.1) is 5.82 Å². The summed E-state index contributed by atoms with van der Waals surface area (Å²) in [4.78, 5) is 20.6. The molecule has 0 radical (unpaired) electrons. The number of hydrogen-bond donors (Lipinski definition) is 3. The molecule has 0 bridgehead atoms. The lowest BCUT2D eigenvalue weighted by Crippen LogP contribution is -2.47. The molecule has 2 atom stereocenters. The van der Waals surface area contributed by atoms with Crippen molar-refractivity contribution in [2.75, 3.05) is 5.32 Å². The number of rotatable bonds is 6. The minimum Gasteiger partial charge on any atom is -0.389 e. The highest BCUT2D eigenvalue weighted by atomic mass is 79.9. The van der Waals surface area contributed by atoms with Gasteiger partial charge in [0, 0.05) is 29.2 Å². The van der Waals surface area contributed by atoms with Crippen LogP contribution in [0.15, 0.2) is 59.5 Å². The number of aliphatic hydroxyl groups is 1. The SMILES string of the molecule is CC(O)C(NC(=O)c1cccnc1)Nc1cc(-c2cc(Cl)ccc2F)ncc1Br. The molecule has 9 heteroatoms. The summed E-state index contributed by atoms with van der Waals surface area (Å²) in [6.07, 6.45) is 2.74. The number of nitrogens with zero attached hydrogens (tertiary/aromatic N) is 2. The summed E-state index contributed by atoms with van der Waals surface area (Å²) in [6.45, 7) is 1.54. The van der Waals surface area contributed by atoms with Crippen LogP contribution in [-0.4, -0.2) is 33.3 Å². The summed E-state index contributed by atoms with van der Waals surface area (Å²) in [5, 5.41) is 16.3. The summed E-state index contributed by atoms with van der Waals surface area (Å²) in [5.41, 5.74) is 1.45. The second kappa shape index (κ2) is 9.30. The summed E-state index contributed by atoms with van der Waals surface area (Å²) in [5.74, 6) is -0.866. The fourth-order valence-electron chi connectivity index (χ4n) is 2.56. The van der Waals surface area contributed by atoms with E-state index in [1.165, 1.54) is 37.5 Å². The third-order valence-corrected chi connectivity index (χ3v) is 4.93. The zero-order valence-electron chi connectivity index (χ0n) is 15.2. The van der Waals surface area contributed by atoms with Gasteiger partial charge in [0.2, 0.25) is 0 Å². The Hall–Kier alpha value is -2.55. The van der Waals surface area contributed by atoms with Gasteiger partial charge in [-0.05, 0) is 59.3 Å². The topological polar surface area (TPSA) is 87.1 Å². The van der Waals surface area contributed by atoms with Crippen LogP contribution in [-0.2, 0) is 0 Å². The molecule has 0 fully saturated rings. The number of aromatic nitrogens is 2. The van der Waals surface area contributed by atoms with Gasteiger partial charge in [-0.1, -0.05) is 11.6 Å². The third-order valence-electron chi connectivity index (χ3n) is 4.06. The predicted molar refractivity (Wildman–Crippen MR) is 113 cm³/mol. The molecule has 0 aliphatic heterocycles. The molecule has 150 valence electrons. The lowest BCUT2D eigenvalue weighted by molar-refractivity contribution is 0.0879. The van der Waals surface area contributed by atoms with Crippen LogP contribution in [0.2, 0.25) is 5.02 Å². The Morgan fingerprint density at radius 3 is 2.76 bits per heavy atom. The average molecular weight is 480 g/mol. The quantitative estimate of drug-likeness (QED) is 0.460. The van der Waals surface area contributed by atoms with E-state index < -0.39 is 24.0 Å². The van der Waals surface area contributed by atoms with Gasteiger partial charge in [0.15, 0.2) is 0 Å². The van der Waals surface area contributed by atoms with Crippen LogP contribution in [0.25, 0.3) is 11.3 Å². The van der Waals surface area contributed by atoms with Gasteiger partial charge in [-0.2, -0.15) is 0 Å². The Kier molecular flexibility index (Phi) is 6.79. The van der Waals surface area contributed by atoms with E-state index in [4.69, 9.17) is 11.6 Å². The Bertz CT molecular complexity index is 1020. The molecule has 6 nitrogen and oxygen atoms in total. The van der Waals surface area contributed by atoms with E-state index in [9.17, 15) is 14.3 Å². The van der Waals surface area contributed by atoms with E-state index in [2.05, 4.69) is 36.5 Å². The van der Waals surface area contributed by atoms with Gasteiger partial charge in [-0.3, -0.25) is 14.8 Å². The molecule has 3 aromatic rings. The first kappa shape index (κ1) is 21.2. The zero-order valence-corrected chi connectivity index (χ0v) is 17.6. The number of hydrogen-bond acceptors (Lipinski definition) is 5. The summed E-state index contributed by atoms with van der Waals surface area (Å²) < 4.78 is 14.8. The van der Waals surface area contributed by atoms with Crippen LogP contribution in [0.3, 0.4) is 0 Å². The molecular formula is C20H17BrClFN4O2. The molecule has 0 aliphatic carbocycles. The molecule has 1 amide bonds. The van der Waals surface area contributed by atoms with Gasteiger partial charge < -0.3 is 15.7 Å². The molecule has 2 aromatic heterocycles. The standard InChI is InChI=1S/C20H17BrClFN4O2/c1-11(28)19(27-20(29)12-3-2-6-24-9-12)26-18-8-17(25-10-15(18)21)14-7-13(22)4-5-16(14)23/h2-11,19,28H,1H3,(H,25,26)(H,27,29). The molecule has 3 N–H and O–H groups in total. The van der Waals surface area contributed by atoms with Crippen LogP contribution >= 0.6 is 27.5 Å². The maximum absolute atomic E-state index is 14.2. The lowest BCUT2D eigenvalue weighted by Gasteiger charge is -2.24. The van der Waals surface area contributed by atoms with E-state index in [-0.39, 0.29) is 5.56 Å². The molecule has 0 spiro atoms. The molecular weight excluding hydrogens is 463 g/mol. The van der Waals surface area contributed by atoms with E-state index in [0.717, 1.165) is 0 Å². The van der Waals surface area contributed by atoms with E-state index >= 15 is 0 Å². The van der Waals surface area contributed by atoms with E-state index in [1.807, 2.05) is 0 Å². The minimum absolute atomic E-state index is 0.237. The van der Waals surface area contributed by atoms with Crippen molar-refractivity contribution < 1.29 is 14.3 Å². The fraction of sp³-hybridized carbons (Fsp3) is 0.150. The maximum Gasteiger partial charge on any atom is 0.254 e. The molecule has 2 unspecified atom stereocenters. The smallest absolute Gasteiger partial charge is 0.254 e. The van der Waals surface area contributed by atoms with Gasteiger partial charge in [0.05, 0.1) is 27.5 Å². The van der Waals surface area contributed by atoms with Crippen molar-refractivity contribution in [3.63, 3.8) is 0 Å². The van der Waals surface area contributed by atoms with Crippen LogP contribution in [0.5, 0.6) is 0 Å². The number of carbonyl (C=O) groups excluding carboxylic acids is 1. The zero-order chi connectivity index (χ0) is 21.0. The second-order valence-electron chi connectivity index (χ2n) is 6.25. The number of pyridine rings is 2. The number of benzene rings is 1. The number of nitrogens with one attached hydrogen (secondary N) is 2. The Balaban J connectivity index is 1.86. The molecule has 0 saturated carbocycles. The Morgan fingerprint density at radius 1 is 1.28 bits per heavy atom. The van der Waals surface area contributed by atoms with Crippen molar-refractivity contribution in [3.8, 4) is 11.3 Å². The Morgan fingerprint density at radius 2 is 2.07 bits per heavy atom. The van der Waals surface area contributed by atoms with Crippen molar-refractivity contribution >= 4 is 39.1 Å². The first-order valence-corrected chi connectivity index (χ1v) is 9.78. The number of aliphatic hydroxyl groups excluding tert-OH is 1. The average Bonchev–Trinajstić information content (AvgIpc) is 2.71. The minimum atomic E-state index is -0.929. The molecule has 0 aliphatic rings. The fourth-order valence-corrected chi connectivity index (χ4v) is 3.06. The molecule has 2 heterocycles. The normalized spacial score (nSPS) is 12.9. The van der Waals surface area contributed by atoms with Crippen molar-refractivity contribution in [3.05, 3.63) is 75.9 Å². The monoisotopic (exact) mass is 478 g/mol. The van der Waals surface area contributed by atoms with Crippen molar-refractivity contribution in [1.29, 1.82) is 0 Å². The second-order valence-corrected chi connectivity index (χ2v) is 7.54. The lowest BCUT2D eigenvalue weighted by atomic mass is 10.1. The van der Waals surface area contributed by atoms with Gasteiger partial charge in [0.25, 0.3) is 5.91 Å². The van der Waals surface area contributed by atoms with Gasteiger partial charge in [-0.25, -0.2) is 4.39 Å². The van der Waals surface area contributed by atoms with Gasteiger partial charge >= 0.3 is 0 Å². The Labute approximate surface area is 180 Å². The largest absolute Gasteiger partial charge is 0.389 e. The number of amides is 1. The third kappa shape index (κ3) is 5.29. The number of carbonyl (C=O) groups is 1. The van der Waals surface area contributed by atoms with Crippen molar-refractivity contribution in [2.24, 2.45) is 0 Å². The maximum atomic E-state index is 14.2. The highest BCUT2D eigenvalue weighted by Crippen LogP contribution is 2.30. The first-order chi connectivity index (χ1) is 13.8. The summed E-state index contributed by atoms with van der Waals surface area (Å²) in [7, 11) is 0. The van der Waals surface area contributed by atoms with Crippen LogP contribution < -0.4 is 10.6 Å². The summed E-state index contributed by atoms with van der Waals surface area (Å²) >= 11 is 9.35. The van der Waals surface area contributed by atoms with Crippen molar-refractivity contribution in [1.82, 2.24) is 15.3 Å². The number of anilines is 1. The summed E-state index contributed by atoms with van der Waals surface area (Å²) in [6, 6.07) is 9.06. The highest BCUT2D eigenvalue weighted by Gasteiger charge is 2.20. The molecule has 1 aromatic carbocycles. The molecule has 0 saturated heterocycles. The van der Waals surface area contributed by atoms with Crippen molar-refractivity contribution in [2.45, 2.75) is 19.2 Å². The van der Waals surface area contributed by atoms with Crippen LogP contribution in [0.4, 0.5) is 10.1 Å². The highest BCUT2D eigenvalue weighted by molar-refractivity contribution is 9.10. The molecule has 29 heavy (non-hydrogen) atoms. The van der Waals surface area contributed by atoms with E-state index in [1.54, 1.807) is 24.4 Å². The number of halogens is 3. The molecule has 3 rings (SSSR count). The predicted octanol–water partition coefficient (Wildman–Crippen LogP) is 4.25. The first-order valence-electron chi connectivity index (χ1n) is 8.61. The van der Waals surface area contributed by atoms with E-state index in [0.29, 0.717) is 26.4 Å². The van der Waals surface area contributed by atoms with Crippen LogP contribution in [0.1, 0.15) is 17.3 Å².